The zero-order valence-corrected chi connectivity index (χ0v) is 20.7. The molecule has 2 amide bonds. The molecular formula is C28H23ClN2O3S. The normalized spacial score (nSPS) is 14.9. The Morgan fingerprint density at radius 3 is 2.66 bits per heavy atom. The summed E-state index contributed by atoms with van der Waals surface area (Å²) in [5.74, 6) is 0.430. The summed E-state index contributed by atoms with van der Waals surface area (Å²) in [6, 6.07) is 23.5. The predicted octanol–water partition coefficient (Wildman–Crippen LogP) is 6.77. The minimum atomic E-state index is -0.292. The van der Waals surface area contributed by atoms with Crippen LogP contribution >= 0.6 is 23.4 Å². The number of hydrogen-bond donors (Lipinski definition) is 0. The number of aryl methyl sites for hydroxylation is 1. The molecule has 5 rings (SSSR count). The van der Waals surface area contributed by atoms with E-state index in [-0.39, 0.29) is 24.3 Å². The molecule has 2 heterocycles. The van der Waals surface area contributed by atoms with E-state index in [1.54, 1.807) is 0 Å². The van der Waals surface area contributed by atoms with Crippen molar-refractivity contribution in [2.45, 2.75) is 13.5 Å². The highest BCUT2D eigenvalue weighted by Gasteiger charge is 2.35. The highest BCUT2D eigenvalue weighted by molar-refractivity contribution is 8.18. The summed E-state index contributed by atoms with van der Waals surface area (Å²) in [4.78, 5) is 27.3. The van der Waals surface area contributed by atoms with Crippen LogP contribution < -0.4 is 4.74 Å². The highest BCUT2D eigenvalue weighted by Crippen LogP contribution is 2.34. The van der Waals surface area contributed by atoms with E-state index in [1.807, 2.05) is 92.0 Å². The van der Waals surface area contributed by atoms with Crippen LogP contribution in [0.5, 0.6) is 5.75 Å². The summed E-state index contributed by atoms with van der Waals surface area (Å²) < 4.78 is 7.87. The fourth-order valence-electron chi connectivity index (χ4n) is 4.15. The van der Waals surface area contributed by atoms with E-state index in [1.165, 1.54) is 4.90 Å². The first-order valence-electron chi connectivity index (χ1n) is 11.2. The molecule has 1 saturated heterocycles. The number of ether oxygens (including phenoxy) is 1. The SMILES string of the molecule is Cc1cccc(OCCN2C(=O)S/C(=C\c3cn(Cc4cccc(Cl)c4)c4ccccc34)C2=O)c1. The number of benzene rings is 3. The summed E-state index contributed by atoms with van der Waals surface area (Å²) in [7, 11) is 0. The van der Waals surface area contributed by atoms with Gasteiger partial charge in [0.15, 0.2) is 0 Å². The molecule has 0 bridgehead atoms. The van der Waals surface area contributed by atoms with Crippen LogP contribution in [0, 0.1) is 6.92 Å². The lowest BCUT2D eigenvalue weighted by Gasteiger charge is -2.13. The van der Waals surface area contributed by atoms with Gasteiger partial charge in [0.1, 0.15) is 12.4 Å². The van der Waals surface area contributed by atoms with Gasteiger partial charge in [-0.05, 0) is 66.2 Å². The van der Waals surface area contributed by atoms with Crippen LogP contribution in [0.25, 0.3) is 17.0 Å². The monoisotopic (exact) mass is 502 g/mol. The molecule has 0 aliphatic carbocycles. The van der Waals surface area contributed by atoms with Gasteiger partial charge < -0.3 is 9.30 Å². The van der Waals surface area contributed by atoms with E-state index >= 15 is 0 Å². The lowest BCUT2D eigenvalue weighted by atomic mass is 10.1. The number of rotatable bonds is 7. The molecule has 0 N–H and O–H groups in total. The molecule has 0 atom stereocenters. The topological polar surface area (TPSA) is 51.5 Å². The molecule has 0 unspecified atom stereocenters. The van der Waals surface area contributed by atoms with Crippen molar-refractivity contribution < 1.29 is 14.3 Å². The zero-order valence-electron chi connectivity index (χ0n) is 19.1. The lowest BCUT2D eigenvalue weighted by molar-refractivity contribution is -0.123. The molecule has 0 saturated carbocycles. The Morgan fingerprint density at radius 1 is 1.00 bits per heavy atom. The molecule has 1 fully saturated rings. The van der Waals surface area contributed by atoms with Crippen LogP contribution in [0.15, 0.2) is 83.9 Å². The van der Waals surface area contributed by atoms with E-state index in [4.69, 9.17) is 16.3 Å². The minimum Gasteiger partial charge on any atom is -0.492 e. The maximum atomic E-state index is 13.0. The van der Waals surface area contributed by atoms with Gasteiger partial charge in [-0.25, -0.2) is 0 Å². The number of hydrogen-bond acceptors (Lipinski definition) is 4. The van der Waals surface area contributed by atoms with Crippen LogP contribution in [-0.4, -0.2) is 33.8 Å². The fraction of sp³-hybridized carbons (Fsp3) is 0.143. The average molecular weight is 503 g/mol. The second-order valence-corrected chi connectivity index (χ2v) is 9.79. The summed E-state index contributed by atoms with van der Waals surface area (Å²) in [5.41, 5.74) is 4.11. The number of carbonyl (C=O) groups excluding carboxylic acids is 2. The average Bonchev–Trinajstić information content (AvgIpc) is 3.31. The molecular weight excluding hydrogens is 480 g/mol. The van der Waals surface area contributed by atoms with Crippen molar-refractivity contribution >= 4 is 51.5 Å². The largest absolute Gasteiger partial charge is 0.492 e. The first-order valence-corrected chi connectivity index (χ1v) is 12.4. The predicted molar refractivity (Wildman–Crippen MR) is 142 cm³/mol. The standard InChI is InChI=1S/C28H23ClN2O3S/c1-19-6-4-9-23(14-19)34-13-12-31-27(32)26(35-28(31)33)16-21-18-30(25-11-3-2-10-24(21)25)17-20-7-5-8-22(29)15-20/h2-11,14-16,18H,12-13,17H2,1H3/b26-16-. The van der Waals surface area contributed by atoms with Gasteiger partial charge in [0.05, 0.1) is 11.4 Å². The molecule has 1 aliphatic heterocycles. The van der Waals surface area contributed by atoms with Crippen molar-refractivity contribution in [2.24, 2.45) is 0 Å². The summed E-state index contributed by atoms with van der Waals surface area (Å²) >= 11 is 7.13. The van der Waals surface area contributed by atoms with Gasteiger partial charge in [-0.2, -0.15) is 0 Å². The maximum Gasteiger partial charge on any atom is 0.293 e. The third kappa shape index (κ3) is 5.14. The summed E-state index contributed by atoms with van der Waals surface area (Å²) in [6.45, 7) is 3.08. The molecule has 35 heavy (non-hydrogen) atoms. The van der Waals surface area contributed by atoms with E-state index in [2.05, 4.69) is 4.57 Å². The summed E-state index contributed by atoms with van der Waals surface area (Å²) in [6.07, 6.45) is 3.82. The maximum absolute atomic E-state index is 13.0. The Labute approximate surface area is 212 Å². The van der Waals surface area contributed by atoms with E-state index in [9.17, 15) is 9.59 Å². The Morgan fingerprint density at radius 2 is 1.83 bits per heavy atom. The van der Waals surface area contributed by atoms with Gasteiger partial charge >= 0.3 is 0 Å². The van der Waals surface area contributed by atoms with E-state index in [0.717, 1.165) is 45.1 Å². The second kappa shape index (κ2) is 10.0. The third-order valence-electron chi connectivity index (χ3n) is 5.79. The fourth-order valence-corrected chi connectivity index (χ4v) is 5.22. The number of thioether (sulfide) groups is 1. The molecule has 4 aromatic rings. The molecule has 0 spiro atoms. The first kappa shape index (κ1) is 23.3. The Hall–Kier alpha value is -3.48. The quantitative estimate of drug-likeness (QED) is 0.262. The molecule has 5 nitrogen and oxygen atoms in total. The molecule has 7 heteroatoms. The van der Waals surface area contributed by atoms with E-state index < -0.39 is 0 Å². The van der Waals surface area contributed by atoms with Crippen LogP contribution in [0.1, 0.15) is 16.7 Å². The highest BCUT2D eigenvalue weighted by atomic mass is 35.5. The second-order valence-electron chi connectivity index (χ2n) is 8.36. The molecule has 176 valence electrons. The Bertz CT molecular complexity index is 1460. The van der Waals surface area contributed by atoms with Crippen LogP contribution in [-0.2, 0) is 11.3 Å². The molecule has 0 radical (unpaired) electrons. The minimum absolute atomic E-state index is 0.201. The van der Waals surface area contributed by atoms with Crippen molar-refractivity contribution in [1.29, 1.82) is 0 Å². The number of aromatic nitrogens is 1. The number of carbonyl (C=O) groups is 2. The zero-order chi connectivity index (χ0) is 24.4. The Balaban J connectivity index is 1.35. The van der Waals surface area contributed by atoms with E-state index in [0.29, 0.717) is 16.5 Å². The number of halogens is 1. The van der Waals surface area contributed by atoms with Crippen molar-refractivity contribution in [3.05, 3.63) is 106 Å². The number of fused-ring (bicyclic) bond motifs is 1. The first-order chi connectivity index (χ1) is 17.0. The molecule has 1 aliphatic rings. The smallest absolute Gasteiger partial charge is 0.293 e. The molecule has 1 aromatic heterocycles. The van der Waals surface area contributed by atoms with Crippen molar-refractivity contribution in [1.82, 2.24) is 9.47 Å². The summed E-state index contributed by atoms with van der Waals surface area (Å²) in [5, 5.41) is 1.43. The third-order valence-corrected chi connectivity index (χ3v) is 6.94. The van der Waals surface area contributed by atoms with Gasteiger partial charge in [0.25, 0.3) is 11.1 Å². The van der Waals surface area contributed by atoms with Crippen molar-refractivity contribution in [2.75, 3.05) is 13.2 Å². The van der Waals surface area contributed by atoms with Gasteiger partial charge in [-0.1, -0.05) is 54.1 Å². The van der Waals surface area contributed by atoms with Gasteiger partial charge in [0.2, 0.25) is 0 Å². The number of imide groups is 1. The van der Waals surface area contributed by atoms with Crippen LogP contribution in [0.2, 0.25) is 5.02 Å². The number of para-hydroxylation sites is 1. The van der Waals surface area contributed by atoms with Gasteiger partial charge in [-0.15, -0.1) is 0 Å². The number of amides is 2. The van der Waals surface area contributed by atoms with Gasteiger partial charge in [-0.3, -0.25) is 14.5 Å². The Kier molecular flexibility index (Phi) is 6.66. The van der Waals surface area contributed by atoms with Crippen molar-refractivity contribution in [3.63, 3.8) is 0 Å². The van der Waals surface area contributed by atoms with Crippen LogP contribution in [0.4, 0.5) is 4.79 Å². The number of nitrogens with zero attached hydrogens (tertiary/aromatic N) is 2. The van der Waals surface area contributed by atoms with Crippen molar-refractivity contribution in [3.8, 4) is 5.75 Å². The lowest BCUT2D eigenvalue weighted by Crippen LogP contribution is -2.32. The van der Waals surface area contributed by atoms with Gasteiger partial charge in [0, 0.05) is 34.2 Å². The molecule has 3 aromatic carbocycles. The van der Waals surface area contributed by atoms with Crippen LogP contribution in [0.3, 0.4) is 0 Å².